The molecule has 0 aromatic carbocycles. The van der Waals surface area contributed by atoms with Gasteiger partial charge in [-0.25, -0.2) is 9.97 Å². The summed E-state index contributed by atoms with van der Waals surface area (Å²) in [5, 5.41) is 0. The van der Waals surface area contributed by atoms with Crippen LogP contribution in [0.15, 0.2) is 41.3 Å². The predicted octanol–water partition coefficient (Wildman–Crippen LogP) is 2.33. The van der Waals surface area contributed by atoms with Crippen LogP contribution in [-0.4, -0.2) is 53.3 Å². The molecule has 2 aromatic rings. The first-order valence-electron chi connectivity index (χ1n) is 8.63. The molecule has 2 saturated heterocycles. The van der Waals surface area contributed by atoms with Gasteiger partial charge in [-0.15, -0.1) is 0 Å². The highest BCUT2D eigenvalue weighted by atomic mass is 16.5. The summed E-state index contributed by atoms with van der Waals surface area (Å²) in [6.45, 7) is 3.67. The zero-order valence-electron chi connectivity index (χ0n) is 14.1. The molecule has 2 fully saturated rings. The van der Waals surface area contributed by atoms with Crippen LogP contribution in [0.3, 0.4) is 0 Å². The maximum atomic E-state index is 6.32. The number of hydrogen-bond donors (Lipinski definition) is 0. The Bertz CT molecular complexity index is 648. The summed E-state index contributed by atoms with van der Waals surface area (Å²) in [5.74, 6) is 1.79. The summed E-state index contributed by atoms with van der Waals surface area (Å²) in [5.41, 5.74) is -0.0431. The van der Waals surface area contributed by atoms with E-state index in [9.17, 15) is 0 Å². The molecule has 2 atom stereocenters. The molecule has 6 heteroatoms. The van der Waals surface area contributed by atoms with Crippen molar-refractivity contribution in [3.05, 3.63) is 42.6 Å². The molecule has 4 heterocycles. The molecular weight excluding hydrogens is 304 g/mol. The molecule has 4 rings (SSSR count). The minimum absolute atomic E-state index is 0.0431. The fourth-order valence-corrected chi connectivity index (χ4v) is 3.94. The Morgan fingerprint density at radius 2 is 2.21 bits per heavy atom. The van der Waals surface area contributed by atoms with E-state index in [-0.39, 0.29) is 5.60 Å². The molecule has 0 N–H and O–H groups in total. The summed E-state index contributed by atoms with van der Waals surface area (Å²) in [7, 11) is 2.06. The van der Waals surface area contributed by atoms with Gasteiger partial charge < -0.3 is 14.1 Å². The van der Waals surface area contributed by atoms with Crippen LogP contribution in [-0.2, 0) is 11.3 Å². The number of ether oxygens (including phenoxy) is 1. The van der Waals surface area contributed by atoms with E-state index in [0.717, 1.165) is 50.8 Å². The third-order valence-electron chi connectivity index (χ3n) is 5.18. The minimum atomic E-state index is -0.0431. The summed E-state index contributed by atoms with van der Waals surface area (Å²) < 4.78 is 11.8. The van der Waals surface area contributed by atoms with Gasteiger partial charge in [0.1, 0.15) is 5.76 Å². The van der Waals surface area contributed by atoms with Gasteiger partial charge in [0.25, 0.3) is 0 Å². The van der Waals surface area contributed by atoms with Gasteiger partial charge in [-0.1, -0.05) is 0 Å². The van der Waals surface area contributed by atoms with Crippen LogP contribution >= 0.6 is 0 Å². The van der Waals surface area contributed by atoms with Gasteiger partial charge in [0.05, 0.1) is 31.1 Å². The third kappa shape index (κ3) is 3.16. The predicted molar refractivity (Wildman–Crippen MR) is 90.7 cm³/mol. The second-order valence-electron chi connectivity index (χ2n) is 6.91. The third-order valence-corrected chi connectivity index (χ3v) is 5.18. The molecule has 2 aliphatic heterocycles. The molecule has 2 aromatic heterocycles. The molecule has 0 bridgehead atoms. The SMILES string of the molecule is CN(c1ncccn1)[C@@H]1CO[C@]2(CCCN(Cc3ccco3)C2)C1. The van der Waals surface area contributed by atoms with Gasteiger partial charge in [0.15, 0.2) is 0 Å². The van der Waals surface area contributed by atoms with Crippen molar-refractivity contribution in [2.75, 3.05) is 31.6 Å². The number of aromatic nitrogens is 2. The lowest BCUT2D eigenvalue weighted by atomic mass is 9.88. The molecule has 2 aliphatic rings. The number of piperidine rings is 1. The van der Waals surface area contributed by atoms with Crippen molar-refractivity contribution in [1.29, 1.82) is 0 Å². The Labute approximate surface area is 142 Å². The number of likely N-dealkylation sites (tertiary alicyclic amines) is 1. The molecule has 1 spiro atoms. The first kappa shape index (κ1) is 15.6. The monoisotopic (exact) mass is 328 g/mol. The number of rotatable bonds is 4. The van der Waals surface area contributed by atoms with Crippen molar-refractivity contribution in [3.8, 4) is 0 Å². The molecule has 0 saturated carbocycles. The molecule has 0 amide bonds. The van der Waals surface area contributed by atoms with Crippen molar-refractivity contribution in [1.82, 2.24) is 14.9 Å². The Kier molecular flexibility index (Phi) is 4.24. The number of furan rings is 1. The number of hydrogen-bond acceptors (Lipinski definition) is 6. The maximum absolute atomic E-state index is 6.32. The molecule has 0 unspecified atom stereocenters. The lowest BCUT2D eigenvalue weighted by Crippen LogP contribution is -2.48. The Hall–Kier alpha value is -1.92. The van der Waals surface area contributed by atoms with Crippen LogP contribution in [0.25, 0.3) is 0 Å². The summed E-state index contributed by atoms with van der Waals surface area (Å²) in [4.78, 5) is 13.3. The van der Waals surface area contributed by atoms with Crippen molar-refractivity contribution < 1.29 is 9.15 Å². The van der Waals surface area contributed by atoms with Crippen LogP contribution in [0.5, 0.6) is 0 Å². The second kappa shape index (κ2) is 6.53. The van der Waals surface area contributed by atoms with Crippen LogP contribution < -0.4 is 4.90 Å². The van der Waals surface area contributed by atoms with Gasteiger partial charge in [0.2, 0.25) is 5.95 Å². The first-order chi connectivity index (χ1) is 11.7. The number of anilines is 1. The number of nitrogens with zero attached hydrogens (tertiary/aromatic N) is 4. The van der Waals surface area contributed by atoms with E-state index >= 15 is 0 Å². The highest BCUT2D eigenvalue weighted by Crippen LogP contribution is 2.37. The van der Waals surface area contributed by atoms with E-state index in [1.54, 1.807) is 18.7 Å². The van der Waals surface area contributed by atoms with Gasteiger partial charge >= 0.3 is 0 Å². The zero-order valence-corrected chi connectivity index (χ0v) is 14.1. The van der Waals surface area contributed by atoms with E-state index in [4.69, 9.17) is 9.15 Å². The topological polar surface area (TPSA) is 54.6 Å². The van der Waals surface area contributed by atoms with Gasteiger partial charge in [-0.2, -0.15) is 0 Å². The maximum Gasteiger partial charge on any atom is 0.225 e. The Balaban J connectivity index is 1.41. The fraction of sp³-hybridized carbons (Fsp3) is 0.556. The van der Waals surface area contributed by atoms with Gasteiger partial charge in [-0.3, -0.25) is 4.90 Å². The van der Waals surface area contributed by atoms with E-state index in [2.05, 4.69) is 26.8 Å². The smallest absolute Gasteiger partial charge is 0.225 e. The van der Waals surface area contributed by atoms with Crippen molar-refractivity contribution in [2.45, 2.75) is 37.5 Å². The van der Waals surface area contributed by atoms with Crippen LogP contribution in [0.2, 0.25) is 0 Å². The van der Waals surface area contributed by atoms with E-state index < -0.39 is 0 Å². The molecule has 24 heavy (non-hydrogen) atoms. The lowest BCUT2D eigenvalue weighted by molar-refractivity contribution is -0.0545. The Morgan fingerprint density at radius 1 is 1.33 bits per heavy atom. The van der Waals surface area contributed by atoms with Crippen molar-refractivity contribution in [3.63, 3.8) is 0 Å². The lowest BCUT2D eigenvalue weighted by Gasteiger charge is -2.39. The fourth-order valence-electron chi connectivity index (χ4n) is 3.94. The molecule has 6 nitrogen and oxygen atoms in total. The summed E-state index contributed by atoms with van der Waals surface area (Å²) >= 11 is 0. The standard InChI is InChI=1S/C18H24N4O2/c1-21(17-19-7-4-8-20-17)15-11-18(24-13-15)6-3-9-22(14-18)12-16-5-2-10-23-16/h2,4-5,7-8,10,15H,3,6,9,11-14H2,1H3/t15-,18+/m0/s1. The van der Waals surface area contributed by atoms with Crippen molar-refractivity contribution in [2.24, 2.45) is 0 Å². The average Bonchev–Trinajstić information content (AvgIpc) is 3.26. The quantitative estimate of drug-likeness (QED) is 0.859. The van der Waals surface area contributed by atoms with E-state index in [1.807, 2.05) is 18.2 Å². The normalized spacial score (nSPS) is 27.6. The van der Waals surface area contributed by atoms with E-state index in [1.165, 1.54) is 6.42 Å². The second-order valence-corrected chi connectivity index (χ2v) is 6.91. The molecule has 0 aliphatic carbocycles. The van der Waals surface area contributed by atoms with E-state index in [0.29, 0.717) is 6.04 Å². The molecular formula is C18H24N4O2. The molecule has 128 valence electrons. The largest absolute Gasteiger partial charge is 0.468 e. The molecule has 0 radical (unpaired) electrons. The Morgan fingerprint density at radius 3 is 3.00 bits per heavy atom. The van der Waals surface area contributed by atoms with Crippen molar-refractivity contribution >= 4 is 5.95 Å². The number of likely N-dealkylation sites (N-methyl/N-ethyl adjacent to an activating group) is 1. The van der Waals surface area contributed by atoms with Crippen LogP contribution in [0, 0.1) is 0 Å². The highest BCUT2D eigenvalue weighted by Gasteiger charge is 2.45. The van der Waals surface area contributed by atoms with Gasteiger partial charge in [-0.05, 0) is 37.6 Å². The average molecular weight is 328 g/mol. The summed E-state index contributed by atoms with van der Waals surface area (Å²) in [6, 6.07) is 6.17. The van der Waals surface area contributed by atoms with Gasteiger partial charge in [0, 0.05) is 32.4 Å². The summed E-state index contributed by atoms with van der Waals surface area (Å²) in [6.07, 6.45) is 8.63. The minimum Gasteiger partial charge on any atom is -0.468 e. The zero-order chi connectivity index (χ0) is 16.4. The van der Waals surface area contributed by atoms with Crippen LogP contribution in [0.4, 0.5) is 5.95 Å². The van der Waals surface area contributed by atoms with Crippen LogP contribution in [0.1, 0.15) is 25.0 Å². The highest BCUT2D eigenvalue weighted by molar-refractivity contribution is 5.30. The first-order valence-corrected chi connectivity index (χ1v) is 8.63.